The van der Waals surface area contributed by atoms with Gasteiger partial charge in [0.15, 0.2) is 5.69 Å². The number of hydrogen-bond acceptors (Lipinski definition) is 3. The number of H-pyrrole nitrogens is 1. The highest BCUT2D eigenvalue weighted by atomic mass is 16.3. The van der Waals surface area contributed by atoms with Gasteiger partial charge < -0.3 is 10.4 Å². The molecule has 1 aliphatic carbocycles. The molecule has 3 rings (SSSR count). The van der Waals surface area contributed by atoms with Crippen LogP contribution < -0.4 is 5.32 Å². The van der Waals surface area contributed by atoms with Crippen molar-refractivity contribution in [2.45, 2.75) is 32.2 Å². The first kappa shape index (κ1) is 14.8. The molecule has 3 N–H and O–H groups in total. The fourth-order valence-electron chi connectivity index (χ4n) is 3.00. The molecule has 1 aliphatic rings. The Bertz CT molecular complexity index is 651. The first-order chi connectivity index (χ1) is 10.7. The topological polar surface area (TPSA) is 78.0 Å². The normalized spacial score (nSPS) is 18.5. The van der Waals surface area contributed by atoms with Crippen molar-refractivity contribution in [3.05, 3.63) is 52.8 Å². The number of amides is 1. The molecule has 0 bridgehead atoms. The standard InChI is InChI=1S/C17H21N3O2/c1-11-7-8-14-13(9-11)16(20-19-14)17(22)18-15(10-21)12-5-3-2-4-6-12/h2-6,11,15,21H,7-10H2,1H3,(H,18,22)(H,19,20)/t11-,15-/m1/s1. The fourth-order valence-corrected chi connectivity index (χ4v) is 3.00. The zero-order valence-corrected chi connectivity index (χ0v) is 12.7. The Kier molecular flexibility index (Phi) is 4.24. The van der Waals surface area contributed by atoms with Crippen molar-refractivity contribution in [2.24, 2.45) is 5.92 Å². The average Bonchev–Trinajstić information content (AvgIpc) is 2.96. The molecule has 1 aromatic heterocycles. The van der Waals surface area contributed by atoms with E-state index in [1.54, 1.807) is 0 Å². The zero-order valence-electron chi connectivity index (χ0n) is 12.7. The van der Waals surface area contributed by atoms with Crippen molar-refractivity contribution in [1.29, 1.82) is 0 Å². The lowest BCUT2D eigenvalue weighted by atomic mass is 9.87. The van der Waals surface area contributed by atoms with Crippen LogP contribution in [0.4, 0.5) is 0 Å². The van der Waals surface area contributed by atoms with E-state index in [1.165, 1.54) is 0 Å². The van der Waals surface area contributed by atoms with Gasteiger partial charge in [-0.05, 0) is 30.7 Å². The van der Waals surface area contributed by atoms with Crippen LogP contribution in [0, 0.1) is 5.92 Å². The molecule has 0 spiro atoms. The largest absolute Gasteiger partial charge is 0.394 e. The van der Waals surface area contributed by atoms with Gasteiger partial charge in [-0.3, -0.25) is 9.89 Å². The number of fused-ring (bicyclic) bond motifs is 1. The van der Waals surface area contributed by atoms with Gasteiger partial charge in [-0.1, -0.05) is 37.3 Å². The molecule has 0 radical (unpaired) electrons. The summed E-state index contributed by atoms with van der Waals surface area (Å²) in [5, 5.41) is 19.6. The van der Waals surface area contributed by atoms with Crippen LogP contribution in [0.25, 0.3) is 0 Å². The minimum Gasteiger partial charge on any atom is -0.394 e. The number of carbonyl (C=O) groups is 1. The lowest BCUT2D eigenvalue weighted by molar-refractivity contribution is 0.0910. The molecule has 0 unspecified atom stereocenters. The molecule has 22 heavy (non-hydrogen) atoms. The number of aliphatic hydroxyl groups excluding tert-OH is 1. The number of aliphatic hydroxyl groups is 1. The molecule has 2 aromatic rings. The fraction of sp³-hybridized carbons (Fsp3) is 0.412. The predicted octanol–water partition coefficient (Wildman–Crippen LogP) is 2.00. The maximum absolute atomic E-state index is 12.5. The van der Waals surface area contributed by atoms with Gasteiger partial charge >= 0.3 is 0 Å². The summed E-state index contributed by atoms with van der Waals surface area (Å²) in [5.41, 5.74) is 3.46. The molecule has 5 heteroatoms. The van der Waals surface area contributed by atoms with Gasteiger partial charge in [0.05, 0.1) is 12.6 Å². The lowest BCUT2D eigenvalue weighted by Crippen LogP contribution is -2.32. The Labute approximate surface area is 129 Å². The third kappa shape index (κ3) is 2.90. The van der Waals surface area contributed by atoms with Gasteiger partial charge in [-0.25, -0.2) is 0 Å². The molecule has 0 aliphatic heterocycles. The summed E-state index contributed by atoms with van der Waals surface area (Å²) in [5.74, 6) is 0.342. The van der Waals surface area contributed by atoms with Crippen molar-refractivity contribution >= 4 is 5.91 Å². The van der Waals surface area contributed by atoms with E-state index in [-0.39, 0.29) is 12.5 Å². The van der Waals surface area contributed by atoms with Crippen LogP contribution in [0.1, 0.15) is 46.7 Å². The van der Waals surface area contributed by atoms with Gasteiger partial charge in [-0.15, -0.1) is 0 Å². The van der Waals surface area contributed by atoms with E-state index in [0.29, 0.717) is 11.6 Å². The maximum Gasteiger partial charge on any atom is 0.272 e. The van der Waals surface area contributed by atoms with E-state index < -0.39 is 6.04 Å². The Morgan fingerprint density at radius 1 is 1.45 bits per heavy atom. The average molecular weight is 299 g/mol. The number of aryl methyl sites for hydroxylation is 1. The second-order valence-corrected chi connectivity index (χ2v) is 6.00. The zero-order chi connectivity index (χ0) is 15.5. The van der Waals surface area contributed by atoms with Crippen LogP contribution in [0.2, 0.25) is 0 Å². The summed E-state index contributed by atoms with van der Waals surface area (Å²) in [6.07, 6.45) is 2.95. The minimum atomic E-state index is -0.415. The number of aromatic nitrogens is 2. The summed E-state index contributed by atoms with van der Waals surface area (Å²) in [4.78, 5) is 12.5. The third-order valence-electron chi connectivity index (χ3n) is 4.30. The van der Waals surface area contributed by atoms with E-state index in [2.05, 4.69) is 22.4 Å². The van der Waals surface area contributed by atoms with Crippen molar-refractivity contribution in [1.82, 2.24) is 15.5 Å². The van der Waals surface area contributed by atoms with Crippen LogP contribution in [-0.4, -0.2) is 27.8 Å². The molecule has 5 nitrogen and oxygen atoms in total. The quantitative estimate of drug-likeness (QED) is 0.808. The summed E-state index contributed by atoms with van der Waals surface area (Å²) >= 11 is 0. The number of nitrogens with one attached hydrogen (secondary N) is 2. The first-order valence-corrected chi connectivity index (χ1v) is 7.71. The number of benzene rings is 1. The minimum absolute atomic E-state index is 0.140. The van der Waals surface area contributed by atoms with Crippen molar-refractivity contribution in [3.63, 3.8) is 0 Å². The number of aromatic amines is 1. The summed E-state index contributed by atoms with van der Waals surface area (Å²) in [7, 11) is 0. The monoisotopic (exact) mass is 299 g/mol. The highest BCUT2D eigenvalue weighted by molar-refractivity contribution is 5.94. The van der Waals surface area contributed by atoms with Gasteiger partial charge in [0.2, 0.25) is 0 Å². The molecule has 1 heterocycles. The molecule has 0 fully saturated rings. The van der Waals surface area contributed by atoms with Crippen molar-refractivity contribution in [2.75, 3.05) is 6.61 Å². The second kappa shape index (κ2) is 6.32. The Morgan fingerprint density at radius 2 is 2.23 bits per heavy atom. The van der Waals surface area contributed by atoms with E-state index in [4.69, 9.17) is 0 Å². The molecule has 2 atom stereocenters. The molecule has 1 aromatic carbocycles. The Morgan fingerprint density at radius 3 is 2.95 bits per heavy atom. The number of hydrogen-bond donors (Lipinski definition) is 3. The number of carbonyl (C=O) groups excluding carboxylic acids is 1. The molecular formula is C17H21N3O2. The predicted molar refractivity (Wildman–Crippen MR) is 83.5 cm³/mol. The van der Waals surface area contributed by atoms with Gasteiger partial charge in [0.1, 0.15) is 0 Å². The highest BCUT2D eigenvalue weighted by Gasteiger charge is 2.26. The summed E-state index contributed by atoms with van der Waals surface area (Å²) in [6, 6.07) is 9.06. The third-order valence-corrected chi connectivity index (χ3v) is 4.30. The van der Waals surface area contributed by atoms with E-state index in [0.717, 1.165) is 36.1 Å². The molecule has 0 saturated heterocycles. The SMILES string of the molecule is C[C@@H]1CCc2[nH]nc(C(=O)N[C@H](CO)c3ccccc3)c2C1. The summed E-state index contributed by atoms with van der Waals surface area (Å²) in [6.45, 7) is 2.05. The Hall–Kier alpha value is -2.14. The number of nitrogens with zero attached hydrogens (tertiary/aromatic N) is 1. The van der Waals surface area contributed by atoms with Crippen LogP contribution in [-0.2, 0) is 12.8 Å². The van der Waals surface area contributed by atoms with Gasteiger partial charge in [-0.2, -0.15) is 5.10 Å². The lowest BCUT2D eigenvalue weighted by Gasteiger charge is -2.19. The van der Waals surface area contributed by atoms with Crippen molar-refractivity contribution in [3.8, 4) is 0 Å². The van der Waals surface area contributed by atoms with Crippen molar-refractivity contribution < 1.29 is 9.90 Å². The number of rotatable bonds is 4. The smallest absolute Gasteiger partial charge is 0.272 e. The Balaban J connectivity index is 1.78. The van der Waals surface area contributed by atoms with E-state index in [1.807, 2.05) is 30.3 Å². The van der Waals surface area contributed by atoms with Crippen LogP contribution in [0.5, 0.6) is 0 Å². The van der Waals surface area contributed by atoms with E-state index in [9.17, 15) is 9.90 Å². The van der Waals surface area contributed by atoms with Gasteiger partial charge in [0, 0.05) is 11.3 Å². The second-order valence-electron chi connectivity index (χ2n) is 6.00. The van der Waals surface area contributed by atoms with Crippen LogP contribution in [0.3, 0.4) is 0 Å². The van der Waals surface area contributed by atoms with Crippen LogP contribution >= 0.6 is 0 Å². The van der Waals surface area contributed by atoms with Gasteiger partial charge in [0.25, 0.3) is 5.91 Å². The molecule has 1 amide bonds. The molecule has 116 valence electrons. The highest BCUT2D eigenvalue weighted by Crippen LogP contribution is 2.26. The van der Waals surface area contributed by atoms with Crippen LogP contribution in [0.15, 0.2) is 30.3 Å². The molecule has 0 saturated carbocycles. The van der Waals surface area contributed by atoms with E-state index >= 15 is 0 Å². The molecular weight excluding hydrogens is 278 g/mol. The maximum atomic E-state index is 12.5. The summed E-state index contributed by atoms with van der Waals surface area (Å²) < 4.78 is 0. The first-order valence-electron chi connectivity index (χ1n) is 7.71.